The number of benzene rings is 2. The molecule has 2 nitrogen and oxygen atoms in total. The van der Waals surface area contributed by atoms with Gasteiger partial charge in [-0.3, -0.25) is 0 Å². The van der Waals surface area contributed by atoms with Crippen molar-refractivity contribution in [1.29, 1.82) is 0 Å². The number of nitrogens with one attached hydrogen (secondary N) is 1. The molecule has 3 rings (SSSR count). The molecule has 0 amide bonds. The Bertz CT molecular complexity index is 550. The summed E-state index contributed by atoms with van der Waals surface area (Å²) in [7, 11) is 0. The Balaban J connectivity index is 1.75. The Labute approximate surface area is 114 Å². The minimum absolute atomic E-state index is 0.357. The molecule has 1 aliphatic heterocycles. The van der Waals surface area contributed by atoms with Crippen LogP contribution in [0.25, 0.3) is 0 Å². The third-order valence-electron chi connectivity index (χ3n) is 3.85. The maximum atomic E-state index is 9.66. The molecule has 19 heavy (non-hydrogen) atoms. The summed E-state index contributed by atoms with van der Waals surface area (Å²) in [6.07, 6.45) is 3.19. The number of phenolic OH excluding ortho intramolecular Hbond substituents is 1. The zero-order chi connectivity index (χ0) is 13.1. The monoisotopic (exact) mass is 253 g/mol. The number of hydrogen-bond donors (Lipinski definition) is 2. The smallest absolute Gasteiger partial charge is 0.115 e. The first-order valence-corrected chi connectivity index (χ1v) is 6.92. The summed E-state index contributed by atoms with van der Waals surface area (Å²) in [4.78, 5) is 0. The van der Waals surface area contributed by atoms with Crippen LogP contribution in [-0.4, -0.2) is 11.7 Å². The molecule has 1 unspecified atom stereocenters. The van der Waals surface area contributed by atoms with Gasteiger partial charge >= 0.3 is 0 Å². The van der Waals surface area contributed by atoms with Gasteiger partial charge in [-0.25, -0.2) is 0 Å². The van der Waals surface area contributed by atoms with Crippen molar-refractivity contribution in [3.05, 3.63) is 65.2 Å². The number of aromatic hydroxyl groups is 1. The van der Waals surface area contributed by atoms with Gasteiger partial charge in [-0.2, -0.15) is 0 Å². The first kappa shape index (κ1) is 12.2. The molecule has 0 fully saturated rings. The lowest BCUT2D eigenvalue weighted by Gasteiger charge is -2.27. The Morgan fingerprint density at radius 3 is 2.79 bits per heavy atom. The molecule has 1 atom stereocenters. The second-order valence-electron chi connectivity index (χ2n) is 5.16. The Morgan fingerprint density at radius 1 is 1.11 bits per heavy atom. The molecule has 2 heteroatoms. The van der Waals surface area contributed by atoms with Crippen molar-refractivity contribution in [2.45, 2.75) is 25.3 Å². The highest BCUT2D eigenvalue weighted by molar-refractivity contribution is 5.38. The molecule has 0 aromatic heterocycles. The van der Waals surface area contributed by atoms with Crippen molar-refractivity contribution in [2.24, 2.45) is 0 Å². The molecule has 0 saturated carbocycles. The van der Waals surface area contributed by atoms with Gasteiger partial charge in [0, 0.05) is 6.04 Å². The molecule has 2 aromatic rings. The van der Waals surface area contributed by atoms with Gasteiger partial charge in [0.05, 0.1) is 0 Å². The van der Waals surface area contributed by atoms with E-state index in [1.165, 1.54) is 16.7 Å². The Morgan fingerprint density at radius 2 is 1.95 bits per heavy atom. The minimum Gasteiger partial charge on any atom is -0.508 e. The number of hydrogen-bond acceptors (Lipinski definition) is 2. The van der Waals surface area contributed by atoms with E-state index in [4.69, 9.17) is 0 Å². The summed E-state index contributed by atoms with van der Waals surface area (Å²) >= 11 is 0. The van der Waals surface area contributed by atoms with Crippen molar-refractivity contribution in [3.63, 3.8) is 0 Å². The van der Waals surface area contributed by atoms with Crippen LogP contribution >= 0.6 is 0 Å². The van der Waals surface area contributed by atoms with E-state index in [2.05, 4.69) is 41.7 Å². The van der Waals surface area contributed by atoms with Gasteiger partial charge in [0.2, 0.25) is 0 Å². The fourth-order valence-corrected chi connectivity index (χ4v) is 2.84. The van der Waals surface area contributed by atoms with E-state index in [9.17, 15) is 5.11 Å². The predicted molar refractivity (Wildman–Crippen MR) is 77.3 cm³/mol. The maximum absolute atomic E-state index is 9.66. The third-order valence-corrected chi connectivity index (χ3v) is 3.85. The SMILES string of the molecule is Oc1ccc2c(c1)C(CCc1ccccc1)NCC2. The van der Waals surface area contributed by atoms with Gasteiger partial charge in [0.25, 0.3) is 0 Å². The summed E-state index contributed by atoms with van der Waals surface area (Å²) in [5, 5.41) is 13.2. The van der Waals surface area contributed by atoms with E-state index in [1.807, 2.05) is 6.07 Å². The lowest BCUT2D eigenvalue weighted by atomic mass is 9.90. The first-order valence-electron chi connectivity index (χ1n) is 6.92. The average Bonchev–Trinajstić information content (AvgIpc) is 2.46. The molecule has 1 heterocycles. The van der Waals surface area contributed by atoms with Crippen molar-refractivity contribution in [1.82, 2.24) is 5.32 Å². The lowest BCUT2D eigenvalue weighted by molar-refractivity contribution is 0.455. The van der Waals surface area contributed by atoms with Crippen LogP contribution < -0.4 is 5.32 Å². The summed E-state index contributed by atoms with van der Waals surface area (Å²) in [6, 6.07) is 16.7. The molecule has 0 bridgehead atoms. The standard InChI is InChI=1S/C17H19NO/c19-15-8-7-14-10-11-18-17(16(14)12-15)9-6-13-4-2-1-3-5-13/h1-5,7-8,12,17-19H,6,9-11H2. The zero-order valence-corrected chi connectivity index (χ0v) is 11.0. The van der Waals surface area contributed by atoms with Crippen LogP contribution in [0.5, 0.6) is 5.75 Å². The minimum atomic E-state index is 0.357. The van der Waals surface area contributed by atoms with Gasteiger partial charge in [0.15, 0.2) is 0 Å². The highest BCUT2D eigenvalue weighted by Crippen LogP contribution is 2.29. The third kappa shape index (κ3) is 2.79. The quantitative estimate of drug-likeness (QED) is 0.880. The molecule has 1 aliphatic rings. The van der Waals surface area contributed by atoms with Gasteiger partial charge < -0.3 is 10.4 Å². The molecular formula is C17H19NO. The predicted octanol–water partition coefficient (Wildman–Crippen LogP) is 3.21. The van der Waals surface area contributed by atoms with E-state index < -0.39 is 0 Å². The van der Waals surface area contributed by atoms with Crippen LogP contribution in [0.2, 0.25) is 0 Å². The highest BCUT2D eigenvalue weighted by atomic mass is 16.3. The molecule has 0 spiro atoms. The van der Waals surface area contributed by atoms with Crippen molar-refractivity contribution in [3.8, 4) is 5.75 Å². The molecule has 2 aromatic carbocycles. The number of aryl methyl sites for hydroxylation is 1. The number of fused-ring (bicyclic) bond motifs is 1. The second kappa shape index (κ2) is 5.45. The fraction of sp³-hybridized carbons (Fsp3) is 0.294. The summed E-state index contributed by atoms with van der Waals surface area (Å²) in [6.45, 7) is 1.03. The number of phenols is 1. The van der Waals surface area contributed by atoms with E-state index in [-0.39, 0.29) is 0 Å². The summed E-state index contributed by atoms with van der Waals surface area (Å²) < 4.78 is 0. The first-order chi connectivity index (χ1) is 9.33. The topological polar surface area (TPSA) is 32.3 Å². The lowest BCUT2D eigenvalue weighted by Crippen LogP contribution is -2.30. The second-order valence-corrected chi connectivity index (χ2v) is 5.16. The molecule has 2 N–H and O–H groups in total. The maximum Gasteiger partial charge on any atom is 0.115 e. The van der Waals surface area contributed by atoms with Crippen molar-refractivity contribution in [2.75, 3.05) is 6.54 Å². The molecular weight excluding hydrogens is 234 g/mol. The van der Waals surface area contributed by atoms with Gasteiger partial charge in [-0.1, -0.05) is 36.4 Å². The normalized spacial score (nSPS) is 18.0. The van der Waals surface area contributed by atoms with E-state index in [1.54, 1.807) is 6.07 Å². The van der Waals surface area contributed by atoms with Gasteiger partial charge in [-0.05, 0) is 54.6 Å². The molecule has 0 saturated heterocycles. The largest absolute Gasteiger partial charge is 0.508 e. The molecule has 0 aliphatic carbocycles. The van der Waals surface area contributed by atoms with Crippen LogP contribution in [-0.2, 0) is 12.8 Å². The van der Waals surface area contributed by atoms with Crippen molar-refractivity contribution < 1.29 is 5.11 Å². The van der Waals surface area contributed by atoms with E-state index in [0.29, 0.717) is 11.8 Å². The Hall–Kier alpha value is -1.80. The van der Waals surface area contributed by atoms with Crippen LogP contribution in [0.15, 0.2) is 48.5 Å². The average molecular weight is 253 g/mol. The van der Waals surface area contributed by atoms with E-state index >= 15 is 0 Å². The molecule has 98 valence electrons. The van der Waals surface area contributed by atoms with Crippen molar-refractivity contribution >= 4 is 0 Å². The summed E-state index contributed by atoms with van der Waals surface area (Å²) in [5.41, 5.74) is 4.01. The van der Waals surface area contributed by atoms with E-state index in [0.717, 1.165) is 25.8 Å². The number of rotatable bonds is 3. The molecule has 0 radical (unpaired) electrons. The zero-order valence-electron chi connectivity index (χ0n) is 11.0. The van der Waals surface area contributed by atoms with Crippen LogP contribution in [0.1, 0.15) is 29.2 Å². The summed E-state index contributed by atoms with van der Waals surface area (Å²) in [5.74, 6) is 0.368. The van der Waals surface area contributed by atoms with Gasteiger partial charge in [-0.15, -0.1) is 0 Å². The van der Waals surface area contributed by atoms with Crippen LogP contribution in [0.4, 0.5) is 0 Å². The highest BCUT2D eigenvalue weighted by Gasteiger charge is 2.19. The van der Waals surface area contributed by atoms with Crippen LogP contribution in [0, 0.1) is 0 Å². The Kier molecular flexibility index (Phi) is 3.51. The van der Waals surface area contributed by atoms with Gasteiger partial charge in [0.1, 0.15) is 5.75 Å². The van der Waals surface area contributed by atoms with Crippen LogP contribution in [0.3, 0.4) is 0 Å². The fourth-order valence-electron chi connectivity index (χ4n) is 2.84.